The number of carbonyl (C=O) groups is 4. The van der Waals surface area contributed by atoms with E-state index in [2.05, 4.69) is 0 Å². The van der Waals surface area contributed by atoms with Crippen molar-refractivity contribution in [2.75, 3.05) is 83.4 Å². The Morgan fingerprint density at radius 3 is 1.05 bits per heavy atom. The van der Waals surface area contributed by atoms with Gasteiger partial charge in [0.15, 0.2) is 58.1 Å². The lowest BCUT2D eigenvalue weighted by Gasteiger charge is -2.24. The van der Waals surface area contributed by atoms with Crippen molar-refractivity contribution < 1.29 is 134 Å². The molecule has 0 radical (unpaired) electrons. The molecule has 0 aromatic heterocycles. The fourth-order valence-corrected chi connectivity index (χ4v) is 12.5. The van der Waals surface area contributed by atoms with E-state index in [-0.39, 0.29) is 86.9 Å². The van der Waals surface area contributed by atoms with Crippen LogP contribution in [0.15, 0.2) is 121 Å². The molecule has 6 aliphatic rings. The molecule has 0 spiro atoms. The molecule has 6 aliphatic heterocycles. The topological polar surface area (TPSA) is 312 Å². The highest BCUT2D eigenvalue weighted by Crippen LogP contribution is 2.40. The quantitative estimate of drug-likeness (QED) is 0.0359. The minimum absolute atomic E-state index is 0.00708. The number of esters is 4. The second-order valence-electron chi connectivity index (χ2n) is 27.6. The van der Waals surface area contributed by atoms with Gasteiger partial charge in [0.25, 0.3) is 0 Å². The second kappa shape index (κ2) is 42.2. The summed E-state index contributed by atoms with van der Waals surface area (Å²) in [5, 5.41) is 21.3. The van der Waals surface area contributed by atoms with Crippen molar-refractivity contribution in [3.05, 3.63) is 160 Å². The van der Waals surface area contributed by atoms with Crippen LogP contribution in [-0.2, 0) is 75.8 Å². The Balaban J connectivity index is 0.000000209. The molecular formula is C82H106O28. The van der Waals surface area contributed by atoms with E-state index in [9.17, 15) is 29.4 Å². The van der Waals surface area contributed by atoms with Gasteiger partial charge in [-0.2, -0.15) is 0 Å². The van der Waals surface area contributed by atoms with E-state index >= 15 is 0 Å². The molecule has 5 unspecified atom stereocenters. The average molecular weight is 1540 g/mol. The van der Waals surface area contributed by atoms with Gasteiger partial charge in [0.1, 0.15) is 106 Å². The van der Waals surface area contributed by atoms with Crippen LogP contribution in [-0.4, -0.2) is 208 Å². The van der Waals surface area contributed by atoms with Gasteiger partial charge in [-0.25, -0.2) is 19.2 Å². The lowest BCUT2D eigenvalue weighted by atomic mass is 10.0. The molecule has 4 aromatic carbocycles. The Labute approximate surface area is 642 Å². The van der Waals surface area contributed by atoms with E-state index in [0.29, 0.717) is 78.0 Å². The number of fused-ring (bicyclic) bond motifs is 6. The highest BCUT2D eigenvalue weighted by molar-refractivity contribution is 5.99. The number of cyclic esters (lactones) is 3. The lowest BCUT2D eigenvalue weighted by molar-refractivity contribution is -0.153. The number of aliphatic hydroxyl groups excluding tert-OH is 2. The van der Waals surface area contributed by atoms with E-state index in [1.54, 1.807) is 130 Å². The van der Waals surface area contributed by atoms with Gasteiger partial charge in [0.2, 0.25) is 0 Å². The third-order valence-corrected chi connectivity index (χ3v) is 17.2. The molecule has 4 aromatic rings. The lowest BCUT2D eigenvalue weighted by Crippen LogP contribution is -2.37. The predicted octanol–water partition coefficient (Wildman–Crippen LogP) is 12.2. The van der Waals surface area contributed by atoms with Crippen LogP contribution in [0.2, 0.25) is 0 Å². The molecule has 10 rings (SSSR count). The minimum Gasteiger partial charge on any atom is -0.467 e. The van der Waals surface area contributed by atoms with Crippen LogP contribution in [0.4, 0.5) is 0 Å². The molecule has 3 fully saturated rings. The van der Waals surface area contributed by atoms with Gasteiger partial charge in [-0.05, 0) is 135 Å². The van der Waals surface area contributed by atoms with Crippen molar-refractivity contribution in [3.8, 4) is 34.5 Å². The summed E-state index contributed by atoms with van der Waals surface area (Å²) in [7, 11) is 9.03. The third-order valence-electron chi connectivity index (χ3n) is 17.2. The number of methoxy groups -OCH3 is 6. The van der Waals surface area contributed by atoms with Crippen molar-refractivity contribution in [1.82, 2.24) is 0 Å². The number of aliphatic hydroxyl groups is 2. The number of hydrogen-bond acceptors (Lipinski definition) is 28. The molecular weight excluding hydrogens is 1430 g/mol. The van der Waals surface area contributed by atoms with Gasteiger partial charge in [0, 0.05) is 80.1 Å². The molecule has 0 bridgehead atoms. The summed E-state index contributed by atoms with van der Waals surface area (Å²) in [6.07, 6.45) is 17.1. The molecule has 2 N–H and O–H groups in total. The maximum Gasteiger partial charge on any atom is 0.342 e. The summed E-state index contributed by atoms with van der Waals surface area (Å²) in [6, 6.07) is 18.7. The zero-order valence-corrected chi connectivity index (χ0v) is 65.2. The van der Waals surface area contributed by atoms with Crippen molar-refractivity contribution in [2.45, 2.75) is 191 Å². The molecule has 12 atom stereocenters. The predicted molar refractivity (Wildman–Crippen MR) is 400 cm³/mol. The average Bonchev–Trinajstić information content (AvgIpc) is 0.905. The smallest absolute Gasteiger partial charge is 0.342 e. The molecule has 0 saturated carbocycles. The van der Waals surface area contributed by atoms with Crippen LogP contribution < -0.4 is 28.4 Å². The zero-order valence-electron chi connectivity index (χ0n) is 65.2. The van der Waals surface area contributed by atoms with Crippen molar-refractivity contribution in [2.24, 2.45) is 0 Å². The van der Waals surface area contributed by atoms with Crippen molar-refractivity contribution in [1.29, 1.82) is 0 Å². The first kappa shape index (κ1) is 87.0. The van der Waals surface area contributed by atoms with Crippen molar-refractivity contribution in [3.63, 3.8) is 0 Å². The van der Waals surface area contributed by atoms with Crippen LogP contribution in [0.1, 0.15) is 159 Å². The summed E-state index contributed by atoms with van der Waals surface area (Å²) >= 11 is 0. The monoisotopic (exact) mass is 1540 g/mol. The fraction of sp³-hybridized carbons (Fsp3) is 0.512. The molecule has 3 saturated heterocycles. The van der Waals surface area contributed by atoms with E-state index in [4.69, 9.17) is 104 Å². The van der Waals surface area contributed by atoms with E-state index < -0.39 is 102 Å². The highest BCUT2D eigenvalue weighted by Gasteiger charge is 2.47. The van der Waals surface area contributed by atoms with Gasteiger partial charge in [-0.3, -0.25) is 0 Å². The summed E-state index contributed by atoms with van der Waals surface area (Å²) in [5.41, 5.74) is 2.77. The number of rotatable bonds is 20. The highest BCUT2D eigenvalue weighted by atomic mass is 16.8. The van der Waals surface area contributed by atoms with E-state index in [0.717, 1.165) is 0 Å². The number of carbonyl (C=O) groups excluding carboxylic acids is 4. The molecule has 28 nitrogen and oxygen atoms in total. The van der Waals surface area contributed by atoms with Crippen molar-refractivity contribution >= 4 is 42.1 Å². The third kappa shape index (κ3) is 25.8. The Hall–Kier alpha value is -8.56. The number of hydrogen-bond donors (Lipinski definition) is 2. The summed E-state index contributed by atoms with van der Waals surface area (Å²) in [5.74, 6) is -2.55. The maximum absolute atomic E-state index is 13.4. The molecule has 0 aliphatic carbocycles. The first-order valence-corrected chi connectivity index (χ1v) is 36.2. The van der Waals surface area contributed by atoms with E-state index in [1.807, 2.05) is 71.9 Å². The fourth-order valence-electron chi connectivity index (χ4n) is 12.5. The minimum atomic E-state index is -0.908. The van der Waals surface area contributed by atoms with Crippen LogP contribution in [0.3, 0.4) is 0 Å². The van der Waals surface area contributed by atoms with Crippen LogP contribution in [0.5, 0.6) is 34.5 Å². The Bertz CT molecular complexity index is 3680. The summed E-state index contributed by atoms with van der Waals surface area (Å²) < 4.78 is 124. The molecule has 602 valence electrons. The Morgan fingerprint density at radius 2 is 0.709 bits per heavy atom. The second-order valence-corrected chi connectivity index (χ2v) is 27.6. The van der Waals surface area contributed by atoms with Crippen LogP contribution >= 0.6 is 0 Å². The largest absolute Gasteiger partial charge is 0.467 e. The van der Waals surface area contributed by atoms with Crippen LogP contribution in [0.25, 0.3) is 18.2 Å². The van der Waals surface area contributed by atoms with Crippen LogP contribution in [0, 0.1) is 0 Å². The standard InChI is InChI=1S/C32H38O10.2C25H34O9/c1-21-11-9-15-25(40-30(33)22-12-7-6-8-13-22)29-26(41-32(2,3)42-29)16-10-14-23-17-24(37-19-35-4)18-27(38-20-36-5)28(23)31(34)39-21;2*1-16-8-6-10-19(26)23-20(33-25(2,3)34-23)11-7-9-17-12-18(30-14-28-4)13-21(31-15-29-5)22(17)24(27)32-16/h6-10,12-15,17-18,21,25-26,29H,11,16,19-20H2,1-5H3;2*6-7,9-10,12-13,16,19-20,23,26H,8,11,14-15H2,1-5H3/b14-10+,15-9-;2*9-7+,10-6-/t21-,25?,26?,29?;2*16-,19?,20-,23+/m000/s1. The van der Waals surface area contributed by atoms with Gasteiger partial charge >= 0.3 is 23.9 Å². The number of benzene rings is 4. The maximum atomic E-state index is 13.4. The molecule has 0 amide bonds. The SMILES string of the molecule is COCOc1cc2c(c(OCOC)c1)C(=O)O[C@@H](C)C/C=C\C(O)[C@H]1OC(C)(C)O[C@H]1C/C=C/2.COCOc1cc2c(c(OCOC)c1)C(=O)O[C@@H](C)C/C=C\C(O)[C@H]1OC(C)(C)O[C@H]1C/C=C/2.COCOc1cc2c(c(OCOC)c1)C(=O)O[C@@H](C)C/C=C\C(OC(=O)c1ccccc1)C1OC(C)(C)OC1C/C=C/2. The molecule has 110 heavy (non-hydrogen) atoms. The Kier molecular flexibility index (Phi) is 33.4. The van der Waals surface area contributed by atoms with Gasteiger partial charge in [-0.1, -0.05) is 85.0 Å². The van der Waals surface area contributed by atoms with E-state index in [1.165, 1.54) is 42.7 Å². The zero-order chi connectivity index (χ0) is 79.5. The summed E-state index contributed by atoms with van der Waals surface area (Å²) in [4.78, 5) is 52.8. The normalized spacial score (nSPS) is 27.4. The first-order chi connectivity index (χ1) is 52.7. The molecule has 6 heterocycles. The van der Waals surface area contributed by atoms with Gasteiger partial charge in [-0.15, -0.1) is 0 Å². The van der Waals surface area contributed by atoms with Gasteiger partial charge < -0.3 is 114 Å². The molecule has 28 heteroatoms. The Morgan fingerprint density at radius 1 is 0.400 bits per heavy atom. The first-order valence-electron chi connectivity index (χ1n) is 36.2. The van der Waals surface area contributed by atoms with Gasteiger partial charge in [0.05, 0.1) is 23.9 Å². The summed E-state index contributed by atoms with van der Waals surface area (Å²) in [6.45, 7) is 16.1. The number of ether oxygens (including phenoxy) is 22.